The fraction of sp³-hybridized carbons (Fsp3) is 0.429. The maximum Gasteiger partial charge on any atom is 0.119 e. The van der Waals surface area contributed by atoms with Crippen LogP contribution in [0.1, 0.15) is 18.9 Å². The average Bonchev–Trinajstić information content (AvgIpc) is 2.23. The maximum atomic E-state index is 5.61. The van der Waals surface area contributed by atoms with Gasteiger partial charge in [-0.1, -0.05) is 17.7 Å². The fourth-order valence-electron chi connectivity index (χ4n) is 1.37. The molecule has 0 unspecified atom stereocenters. The van der Waals surface area contributed by atoms with E-state index in [9.17, 15) is 0 Å². The lowest BCUT2D eigenvalue weighted by Crippen LogP contribution is -2.22. The van der Waals surface area contributed by atoms with Gasteiger partial charge in [-0.2, -0.15) is 0 Å². The van der Waals surface area contributed by atoms with Crippen LogP contribution >= 0.6 is 0 Å². The van der Waals surface area contributed by atoms with Crippen LogP contribution in [0.15, 0.2) is 36.4 Å². The summed E-state index contributed by atoms with van der Waals surface area (Å²) < 4.78 is 5.61. The van der Waals surface area contributed by atoms with E-state index in [2.05, 4.69) is 24.9 Å². The van der Waals surface area contributed by atoms with Gasteiger partial charge in [0.15, 0.2) is 0 Å². The van der Waals surface area contributed by atoms with Crippen LogP contribution in [0.5, 0.6) is 5.75 Å². The van der Waals surface area contributed by atoms with E-state index < -0.39 is 0 Å². The second-order valence-electron chi connectivity index (χ2n) is 4.12. The summed E-state index contributed by atoms with van der Waals surface area (Å²) in [6, 6.07) is 8.12. The van der Waals surface area contributed by atoms with E-state index in [0.29, 0.717) is 6.61 Å². The molecule has 0 fully saturated rings. The highest BCUT2D eigenvalue weighted by atomic mass is 16.5. The van der Waals surface area contributed by atoms with Crippen molar-refractivity contribution >= 4 is 0 Å². The molecule has 88 valence electrons. The Labute approximate surface area is 98.3 Å². The Morgan fingerprint density at radius 1 is 1.38 bits per heavy atom. The van der Waals surface area contributed by atoms with Crippen molar-refractivity contribution in [1.82, 2.24) is 5.32 Å². The van der Waals surface area contributed by atoms with E-state index in [4.69, 9.17) is 4.74 Å². The largest absolute Gasteiger partial charge is 0.492 e. The van der Waals surface area contributed by atoms with Crippen LogP contribution in [0, 0.1) is 6.92 Å². The second kappa shape index (κ2) is 7.07. The number of rotatable bonds is 7. The third kappa shape index (κ3) is 5.56. The summed E-state index contributed by atoms with van der Waals surface area (Å²) in [5, 5.41) is 3.32. The van der Waals surface area contributed by atoms with Crippen molar-refractivity contribution in [3.05, 3.63) is 42.0 Å². The molecule has 0 aliphatic heterocycles. The van der Waals surface area contributed by atoms with Crippen molar-refractivity contribution in [2.24, 2.45) is 0 Å². The number of benzene rings is 1. The molecule has 1 N–H and O–H groups in total. The summed E-state index contributed by atoms with van der Waals surface area (Å²) in [5.74, 6) is 0.946. The van der Waals surface area contributed by atoms with Gasteiger partial charge in [0.1, 0.15) is 12.4 Å². The Morgan fingerprint density at radius 2 is 2.19 bits per heavy atom. The molecule has 0 spiro atoms. The van der Waals surface area contributed by atoms with Crippen LogP contribution in [0.3, 0.4) is 0 Å². The zero-order valence-electron chi connectivity index (χ0n) is 10.3. The van der Waals surface area contributed by atoms with Crippen LogP contribution in [0.2, 0.25) is 0 Å². The van der Waals surface area contributed by atoms with Gasteiger partial charge in [0, 0.05) is 6.54 Å². The zero-order valence-corrected chi connectivity index (χ0v) is 10.3. The summed E-state index contributed by atoms with van der Waals surface area (Å²) >= 11 is 0. The van der Waals surface area contributed by atoms with Gasteiger partial charge in [0.05, 0.1) is 0 Å². The maximum absolute atomic E-state index is 5.61. The number of hydrogen-bond acceptors (Lipinski definition) is 2. The van der Waals surface area contributed by atoms with E-state index in [1.54, 1.807) is 0 Å². The smallest absolute Gasteiger partial charge is 0.119 e. The van der Waals surface area contributed by atoms with Crippen LogP contribution in [-0.2, 0) is 0 Å². The summed E-state index contributed by atoms with van der Waals surface area (Å²) in [5.41, 5.74) is 2.44. The van der Waals surface area contributed by atoms with E-state index >= 15 is 0 Å². The predicted octanol–water partition coefficient (Wildman–Crippen LogP) is 2.93. The van der Waals surface area contributed by atoms with E-state index in [1.165, 1.54) is 11.1 Å². The average molecular weight is 219 g/mol. The normalized spacial score (nSPS) is 10.1. The molecule has 0 aliphatic carbocycles. The molecule has 0 amide bonds. The number of nitrogens with one attached hydrogen (secondary N) is 1. The Hall–Kier alpha value is -1.28. The molecular formula is C14H21NO. The van der Waals surface area contributed by atoms with Gasteiger partial charge in [0.2, 0.25) is 0 Å². The highest BCUT2D eigenvalue weighted by Crippen LogP contribution is 2.11. The quantitative estimate of drug-likeness (QED) is 0.562. The molecule has 1 aromatic rings. The number of aryl methyl sites for hydroxylation is 1. The van der Waals surface area contributed by atoms with Crippen molar-refractivity contribution in [3.63, 3.8) is 0 Å². The van der Waals surface area contributed by atoms with E-state index in [1.807, 2.05) is 25.1 Å². The Bertz CT molecular complexity index is 333. The van der Waals surface area contributed by atoms with Crippen LogP contribution in [0.4, 0.5) is 0 Å². The minimum atomic E-state index is 0.708. The highest BCUT2D eigenvalue weighted by molar-refractivity contribution is 5.27. The lowest BCUT2D eigenvalue weighted by molar-refractivity contribution is 0.314. The van der Waals surface area contributed by atoms with Gasteiger partial charge in [0.25, 0.3) is 0 Å². The first-order chi connectivity index (χ1) is 7.68. The minimum absolute atomic E-state index is 0.708. The summed E-state index contributed by atoms with van der Waals surface area (Å²) in [6.07, 6.45) is 1.03. The molecule has 0 heterocycles. The molecule has 1 aromatic carbocycles. The van der Waals surface area contributed by atoms with Crippen molar-refractivity contribution < 1.29 is 4.74 Å². The Kier molecular flexibility index (Phi) is 5.65. The molecule has 0 aliphatic rings. The van der Waals surface area contributed by atoms with Crippen LogP contribution < -0.4 is 10.1 Å². The number of ether oxygens (including phenoxy) is 1. The van der Waals surface area contributed by atoms with Gasteiger partial charge in [-0.3, -0.25) is 0 Å². The molecule has 0 radical (unpaired) electrons. The molecule has 0 bridgehead atoms. The molecule has 16 heavy (non-hydrogen) atoms. The molecular weight excluding hydrogens is 198 g/mol. The first-order valence-corrected chi connectivity index (χ1v) is 5.73. The molecule has 2 heteroatoms. The molecule has 1 rings (SSSR count). The standard InChI is InChI=1S/C14H21NO/c1-12(2)7-8-15-9-10-16-14-6-4-5-13(3)11-14/h4-6,11,15H,1,7-10H2,2-3H3. The van der Waals surface area contributed by atoms with Crippen molar-refractivity contribution in [2.45, 2.75) is 20.3 Å². The molecule has 0 saturated carbocycles. The third-order valence-corrected chi connectivity index (χ3v) is 2.27. The molecule has 0 atom stereocenters. The second-order valence-corrected chi connectivity index (χ2v) is 4.12. The van der Waals surface area contributed by atoms with E-state index in [0.717, 1.165) is 25.3 Å². The SMILES string of the molecule is C=C(C)CCNCCOc1cccc(C)c1. The van der Waals surface area contributed by atoms with Gasteiger partial charge < -0.3 is 10.1 Å². The van der Waals surface area contributed by atoms with Crippen molar-refractivity contribution in [2.75, 3.05) is 19.7 Å². The van der Waals surface area contributed by atoms with Gasteiger partial charge >= 0.3 is 0 Å². The molecule has 0 saturated heterocycles. The summed E-state index contributed by atoms with van der Waals surface area (Å²) in [4.78, 5) is 0. The molecule has 0 aromatic heterocycles. The molecule has 2 nitrogen and oxygen atoms in total. The monoisotopic (exact) mass is 219 g/mol. The first-order valence-electron chi connectivity index (χ1n) is 5.73. The van der Waals surface area contributed by atoms with Gasteiger partial charge in [-0.15, -0.1) is 6.58 Å². The third-order valence-electron chi connectivity index (χ3n) is 2.27. The first kappa shape index (κ1) is 12.8. The number of hydrogen-bond donors (Lipinski definition) is 1. The lowest BCUT2D eigenvalue weighted by atomic mass is 10.2. The van der Waals surface area contributed by atoms with Crippen molar-refractivity contribution in [1.29, 1.82) is 0 Å². The highest BCUT2D eigenvalue weighted by Gasteiger charge is 1.93. The van der Waals surface area contributed by atoms with Crippen LogP contribution in [-0.4, -0.2) is 19.7 Å². The topological polar surface area (TPSA) is 21.3 Å². The van der Waals surface area contributed by atoms with Crippen LogP contribution in [0.25, 0.3) is 0 Å². The fourth-order valence-corrected chi connectivity index (χ4v) is 1.37. The van der Waals surface area contributed by atoms with E-state index in [-0.39, 0.29) is 0 Å². The lowest BCUT2D eigenvalue weighted by Gasteiger charge is -2.08. The minimum Gasteiger partial charge on any atom is -0.492 e. The van der Waals surface area contributed by atoms with Crippen molar-refractivity contribution in [3.8, 4) is 5.75 Å². The Morgan fingerprint density at radius 3 is 2.88 bits per heavy atom. The van der Waals surface area contributed by atoms with Gasteiger partial charge in [-0.05, 0) is 44.5 Å². The summed E-state index contributed by atoms with van der Waals surface area (Å²) in [7, 11) is 0. The predicted molar refractivity (Wildman–Crippen MR) is 69.0 cm³/mol. The summed E-state index contributed by atoms with van der Waals surface area (Å²) in [6.45, 7) is 10.5. The Balaban J connectivity index is 2.09. The zero-order chi connectivity index (χ0) is 11.8. The van der Waals surface area contributed by atoms with Gasteiger partial charge in [-0.25, -0.2) is 0 Å².